The van der Waals surface area contributed by atoms with Crippen LogP contribution >= 0.6 is 0 Å². The molecule has 0 aliphatic rings. The molecule has 3 rings (SSSR count). The Kier molecular flexibility index (Phi) is 3.97. The van der Waals surface area contributed by atoms with Crippen molar-refractivity contribution in [2.75, 3.05) is 7.11 Å². The predicted octanol–water partition coefficient (Wildman–Crippen LogP) is 2.81. The van der Waals surface area contributed by atoms with E-state index in [1.807, 2.05) is 12.1 Å². The Morgan fingerprint density at radius 1 is 1.17 bits per heavy atom. The zero-order valence-corrected chi connectivity index (χ0v) is 13.3. The van der Waals surface area contributed by atoms with Gasteiger partial charge in [-0.15, -0.1) is 5.10 Å². The molecule has 0 radical (unpaired) electrons. The van der Waals surface area contributed by atoms with E-state index in [0.717, 1.165) is 5.56 Å². The van der Waals surface area contributed by atoms with Gasteiger partial charge in [0, 0.05) is 12.6 Å². The minimum atomic E-state index is -0.309. The van der Waals surface area contributed by atoms with Crippen molar-refractivity contribution in [1.29, 1.82) is 0 Å². The summed E-state index contributed by atoms with van der Waals surface area (Å²) in [5, 5.41) is 10.8. The highest BCUT2D eigenvalue weighted by Crippen LogP contribution is 2.18. The molecule has 0 unspecified atom stereocenters. The number of benzene rings is 2. The zero-order valence-electron chi connectivity index (χ0n) is 13.3. The first-order valence-electron chi connectivity index (χ1n) is 7.32. The van der Waals surface area contributed by atoms with Crippen molar-refractivity contribution in [2.24, 2.45) is 0 Å². The number of hydrogen-bond acceptors (Lipinski definition) is 4. The maximum atomic E-state index is 12.3. The lowest BCUT2D eigenvalue weighted by molar-refractivity contribution is 0.239. The third-order valence-electron chi connectivity index (χ3n) is 3.86. The van der Waals surface area contributed by atoms with Crippen molar-refractivity contribution in [3.63, 3.8) is 0 Å². The van der Waals surface area contributed by atoms with Crippen LogP contribution in [0.4, 0.5) is 4.79 Å². The van der Waals surface area contributed by atoms with Gasteiger partial charge in [-0.25, -0.2) is 4.79 Å². The predicted molar refractivity (Wildman–Crippen MR) is 87.6 cm³/mol. The van der Waals surface area contributed by atoms with E-state index in [9.17, 15) is 4.79 Å². The first-order chi connectivity index (χ1) is 11.1. The summed E-state index contributed by atoms with van der Waals surface area (Å²) in [6, 6.07) is 11.1. The van der Waals surface area contributed by atoms with E-state index in [-0.39, 0.29) is 6.03 Å². The topological polar surface area (TPSA) is 69.0 Å². The molecule has 0 fully saturated rings. The minimum absolute atomic E-state index is 0.309. The molecule has 0 spiro atoms. The Labute approximate surface area is 134 Å². The summed E-state index contributed by atoms with van der Waals surface area (Å²) in [5.74, 6) is 0.681. The number of fused-ring (bicyclic) bond motifs is 1. The van der Waals surface area contributed by atoms with Gasteiger partial charge in [0.05, 0.1) is 12.6 Å². The van der Waals surface area contributed by atoms with E-state index < -0.39 is 0 Å². The van der Waals surface area contributed by atoms with E-state index in [4.69, 9.17) is 4.74 Å². The van der Waals surface area contributed by atoms with E-state index in [1.54, 1.807) is 25.3 Å². The summed E-state index contributed by atoms with van der Waals surface area (Å²) in [5.41, 5.74) is 4.74. The molecular formula is C17H18N4O2. The number of amides is 1. The first kappa shape index (κ1) is 15.0. The molecule has 0 bridgehead atoms. The Balaban J connectivity index is 1.76. The first-order valence-corrected chi connectivity index (χ1v) is 7.32. The number of carbonyl (C=O) groups excluding carboxylic acids is 1. The van der Waals surface area contributed by atoms with Gasteiger partial charge >= 0.3 is 6.03 Å². The molecule has 23 heavy (non-hydrogen) atoms. The van der Waals surface area contributed by atoms with Crippen molar-refractivity contribution < 1.29 is 9.53 Å². The highest BCUT2D eigenvalue weighted by atomic mass is 16.5. The molecule has 0 saturated heterocycles. The molecule has 0 atom stereocenters. The molecule has 118 valence electrons. The molecular weight excluding hydrogens is 292 g/mol. The van der Waals surface area contributed by atoms with Gasteiger partial charge < -0.3 is 10.1 Å². The molecule has 3 aromatic rings. The van der Waals surface area contributed by atoms with Crippen LogP contribution in [0.3, 0.4) is 0 Å². The maximum Gasteiger partial charge on any atom is 0.344 e. The highest BCUT2D eigenvalue weighted by molar-refractivity contribution is 5.88. The zero-order chi connectivity index (χ0) is 16.4. The average Bonchev–Trinajstić information content (AvgIpc) is 2.98. The Bertz CT molecular complexity index is 870. The van der Waals surface area contributed by atoms with E-state index in [1.165, 1.54) is 15.8 Å². The molecule has 2 aromatic carbocycles. The number of rotatable bonds is 3. The summed E-state index contributed by atoms with van der Waals surface area (Å²) in [6.45, 7) is 4.56. The second kappa shape index (κ2) is 6.08. The molecule has 1 aromatic heterocycles. The van der Waals surface area contributed by atoms with Crippen LogP contribution in [0, 0.1) is 13.8 Å². The van der Waals surface area contributed by atoms with Crippen molar-refractivity contribution in [3.05, 3.63) is 53.1 Å². The number of nitrogens with zero attached hydrogens (tertiary/aromatic N) is 3. The Morgan fingerprint density at radius 3 is 2.74 bits per heavy atom. The van der Waals surface area contributed by atoms with Crippen LogP contribution in [0.5, 0.6) is 5.75 Å². The average molecular weight is 310 g/mol. The number of nitrogens with one attached hydrogen (secondary N) is 1. The summed E-state index contributed by atoms with van der Waals surface area (Å²) >= 11 is 0. The Hall–Kier alpha value is -2.89. The van der Waals surface area contributed by atoms with Crippen LogP contribution in [0.2, 0.25) is 0 Å². The summed E-state index contributed by atoms with van der Waals surface area (Å²) < 4.78 is 6.40. The normalized spacial score (nSPS) is 10.7. The fourth-order valence-corrected chi connectivity index (χ4v) is 2.35. The standard InChI is InChI=1S/C17H18N4O2/c1-11-4-5-13(8-12(11)2)10-18-17(22)21-16-7-6-14(23-3)9-15(16)19-20-21/h4-9H,10H2,1-3H3,(H,18,22). The van der Waals surface area contributed by atoms with Gasteiger partial charge in [-0.1, -0.05) is 23.4 Å². The van der Waals surface area contributed by atoms with E-state index in [2.05, 4.69) is 35.5 Å². The van der Waals surface area contributed by atoms with Crippen molar-refractivity contribution >= 4 is 17.1 Å². The van der Waals surface area contributed by atoms with Crippen LogP contribution in [-0.4, -0.2) is 28.1 Å². The maximum absolute atomic E-state index is 12.3. The molecule has 6 heteroatoms. The molecule has 0 aliphatic carbocycles. The van der Waals surface area contributed by atoms with Crippen molar-refractivity contribution in [2.45, 2.75) is 20.4 Å². The largest absolute Gasteiger partial charge is 0.497 e. The van der Waals surface area contributed by atoms with Gasteiger partial charge in [-0.3, -0.25) is 0 Å². The second-order valence-corrected chi connectivity index (χ2v) is 5.43. The number of hydrogen-bond donors (Lipinski definition) is 1. The fourth-order valence-electron chi connectivity index (χ4n) is 2.35. The Morgan fingerprint density at radius 2 is 2.00 bits per heavy atom. The molecule has 1 heterocycles. The lowest BCUT2D eigenvalue weighted by Crippen LogP contribution is -2.28. The lowest BCUT2D eigenvalue weighted by Gasteiger charge is -2.07. The number of ether oxygens (including phenoxy) is 1. The van der Waals surface area contributed by atoms with Gasteiger partial charge in [0.25, 0.3) is 0 Å². The number of carbonyl (C=O) groups is 1. The van der Waals surface area contributed by atoms with Crippen LogP contribution in [-0.2, 0) is 6.54 Å². The lowest BCUT2D eigenvalue weighted by atomic mass is 10.1. The molecule has 1 amide bonds. The van der Waals surface area contributed by atoms with E-state index >= 15 is 0 Å². The smallest absolute Gasteiger partial charge is 0.344 e. The quantitative estimate of drug-likeness (QED) is 0.807. The molecule has 0 saturated carbocycles. The minimum Gasteiger partial charge on any atom is -0.497 e. The number of aryl methyl sites for hydroxylation is 2. The second-order valence-electron chi connectivity index (χ2n) is 5.43. The highest BCUT2D eigenvalue weighted by Gasteiger charge is 2.12. The third-order valence-corrected chi connectivity index (χ3v) is 3.86. The monoisotopic (exact) mass is 310 g/mol. The van der Waals surface area contributed by atoms with Gasteiger partial charge in [0.2, 0.25) is 0 Å². The summed E-state index contributed by atoms with van der Waals surface area (Å²) in [4.78, 5) is 12.3. The van der Waals surface area contributed by atoms with Crippen LogP contribution in [0.1, 0.15) is 16.7 Å². The summed E-state index contributed by atoms with van der Waals surface area (Å²) in [6.07, 6.45) is 0. The van der Waals surface area contributed by atoms with Crippen molar-refractivity contribution in [3.8, 4) is 5.75 Å². The molecule has 0 aliphatic heterocycles. The van der Waals surface area contributed by atoms with Gasteiger partial charge in [-0.05, 0) is 42.7 Å². The molecule has 6 nitrogen and oxygen atoms in total. The number of methoxy groups -OCH3 is 1. The summed E-state index contributed by atoms with van der Waals surface area (Å²) in [7, 11) is 1.59. The van der Waals surface area contributed by atoms with Crippen LogP contribution in [0.25, 0.3) is 11.0 Å². The molecule has 1 N–H and O–H groups in total. The van der Waals surface area contributed by atoms with Gasteiger partial charge in [-0.2, -0.15) is 4.68 Å². The number of aromatic nitrogens is 3. The SMILES string of the molecule is COc1ccc2c(c1)nnn2C(=O)NCc1ccc(C)c(C)c1. The van der Waals surface area contributed by atoms with Gasteiger partial charge in [0.1, 0.15) is 11.3 Å². The van der Waals surface area contributed by atoms with Crippen molar-refractivity contribution in [1.82, 2.24) is 20.3 Å². The third kappa shape index (κ3) is 3.01. The van der Waals surface area contributed by atoms with Crippen LogP contribution in [0.15, 0.2) is 36.4 Å². The van der Waals surface area contributed by atoms with Gasteiger partial charge in [0.15, 0.2) is 0 Å². The van der Waals surface area contributed by atoms with E-state index in [0.29, 0.717) is 23.3 Å². The van der Waals surface area contributed by atoms with Crippen LogP contribution < -0.4 is 10.1 Å². The fraction of sp³-hybridized carbons (Fsp3) is 0.235.